The molecule has 1 saturated heterocycles. The maximum Gasteiger partial charge on any atom is 0.237 e. The minimum Gasteiger partial charge on any atom is -0.394 e. The standard InChI is InChI=1S/C13H26N2O2/c1-4-10-5-6-14-11(7-10)13(17)15-12(8-16)9(2)3/h9-12,14,16H,4-8H2,1-3H3,(H,15,17). The minimum atomic E-state index is -0.133. The monoisotopic (exact) mass is 242 g/mol. The van der Waals surface area contributed by atoms with E-state index in [1.807, 2.05) is 13.8 Å². The average Bonchev–Trinajstić information content (AvgIpc) is 2.35. The molecule has 1 aliphatic rings. The van der Waals surface area contributed by atoms with E-state index >= 15 is 0 Å². The van der Waals surface area contributed by atoms with Gasteiger partial charge in [-0.15, -0.1) is 0 Å². The topological polar surface area (TPSA) is 61.4 Å². The molecule has 0 aromatic rings. The molecule has 1 amide bonds. The first-order chi connectivity index (χ1) is 8.08. The summed E-state index contributed by atoms with van der Waals surface area (Å²) in [5.41, 5.74) is 0. The Morgan fingerprint density at radius 2 is 2.24 bits per heavy atom. The lowest BCUT2D eigenvalue weighted by molar-refractivity contribution is -0.125. The molecule has 0 spiro atoms. The highest BCUT2D eigenvalue weighted by Crippen LogP contribution is 2.19. The van der Waals surface area contributed by atoms with Crippen LogP contribution in [0.3, 0.4) is 0 Å². The summed E-state index contributed by atoms with van der Waals surface area (Å²) < 4.78 is 0. The van der Waals surface area contributed by atoms with Gasteiger partial charge in [0.2, 0.25) is 5.91 Å². The molecule has 4 heteroatoms. The van der Waals surface area contributed by atoms with Crippen molar-refractivity contribution in [3.8, 4) is 0 Å². The number of piperidine rings is 1. The fourth-order valence-corrected chi connectivity index (χ4v) is 2.27. The Labute approximate surface area is 104 Å². The molecule has 17 heavy (non-hydrogen) atoms. The summed E-state index contributed by atoms with van der Waals surface area (Å²) in [6.45, 7) is 7.11. The van der Waals surface area contributed by atoms with Crippen LogP contribution in [-0.2, 0) is 4.79 Å². The second kappa shape index (κ2) is 6.97. The Hall–Kier alpha value is -0.610. The summed E-state index contributed by atoms with van der Waals surface area (Å²) in [7, 11) is 0. The SMILES string of the molecule is CCC1CCNC(C(=O)NC(CO)C(C)C)C1. The molecule has 0 bridgehead atoms. The number of carbonyl (C=O) groups is 1. The molecule has 4 nitrogen and oxygen atoms in total. The van der Waals surface area contributed by atoms with Gasteiger partial charge in [0.1, 0.15) is 0 Å². The quantitative estimate of drug-likeness (QED) is 0.671. The smallest absolute Gasteiger partial charge is 0.237 e. The lowest BCUT2D eigenvalue weighted by atomic mass is 9.90. The van der Waals surface area contributed by atoms with Gasteiger partial charge in [-0.25, -0.2) is 0 Å². The third-order valence-electron chi connectivity index (χ3n) is 3.74. The van der Waals surface area contributed by atoms with E-state index in [9.17, 15) is 9.90 Å². The zero-order chi connectivity index (χ0) is 12.8. The van der Waals surface area contributed by atoms with Crippen molar-refractivity contribution in [2.45, 2.75) is 52.1 Å². The molecule has 0 aliphatic carbocycles. The van der Waals surface area contributed by atoms with Gasteiger partial charge in [0.15, 0.2) is 0 Å². The Balaban J connectivity index is 2.46. The molecule has 0 radical (unpaired) electrons. The number of hydrogen-bond donors (Lipinski definition) is 3. The van der Waals surface area contributed by atoms with E-state index in [1.54, 1.807) is 0 Å². The Morgan fingerprint density at radius 1 is 1.53 bits per heavy atom. The lowest BCUT2D eigenvalue weighted by Crippen LogP contribution is -2.53. The zero-order valence-corrected chi connectivity index (χ0v) is 11.2. The van der Waals surface area contributed by atoms with Crippen LogP contribution in [0, 0.1) is 11.8 Å². The number of carbonyl (C=O) groups excluding carboxylic acids is 1. The van der Waals surface area contributed by atoms with Crippen LogP contribution in [0.15, 0.2) is 0 Å². The van der Waals surface area contributed by atoms with Crippen molar-refractivity contribution in [3.05, 3.63) is 0 Å². The number of amides is 1. The summed E-state index contributed by atoms with van der Waals surface area (Å²) >= 11 is 0. The van der Waals surface area contributed by atoms with Gasteiger partial charge in [-0.2, -0.15) is 0 Å². The van der Waals surface area contributed by atoms with E-state index in [0.717, 1.165) is 25.8 Å². The summed E-state index contributed by atoms with van der Waals surface area (Å²) in [4.78, 5) is 12.0. The Kier molecular flexibility index (Phi) is 5.92. The summed E-state index contributed by atoms with van der Waals surface area (Å²) in [6, 6.07) is -0.215. The maximum atomic E-state index is 12.0. The second-order valence-corrected chi connectivity index (χ2v) is 5.35. The van der Waals surface area contributed by atoms with Crippen LogP contribution in [0.4, 0.5) is 0 Å². The highest BCUT2D eigenvalue weighted by Gasteiger charge is 2.27. The second-order valence-electron chi connectivity index (χ2n) is 5.35. The van der Waals surface area contributed by atoms with Crippen molar-refractivity contribution in [3.63, 3.8) is 0 Å². The predicted octanol–water partition coefficient (Wildman–Crippen LogP) is 0.898. The minimum absolute atomic E-state index is 0.00727. The highest BCUT2D eigenvalue weighted by atomic mass is 16.3. The molecule has 1 rings (SSSR count). The van der Waals surface area contributed by atoms with Gasteiger partial charge >= 0.3 is 0 Å². The summed E-state index contributed by atoms with van der Waals surface area (Å²) in [6.07, 6.45) is 3.21. The number of hydrogen-bond acceptors (Lipinski definition) is 3. The van der Waals surface area contributed by atoms with Crippen LogP contribution < -0.4 is 10.6 Å². The van der Waals surface area contributed by atoms with Gasteiger partial charge in [0, 0.05) is 0 Å². The summed E-state index contributed by atoms with van der Waals surface area (Å²) in [5.74, 6) is 0.948. The van der Waals surface area contributed by atoms with Gasteiger partial charge in [0.05, 0.1) is 18.7 Å². The lowest BCUT2D eigenvalue weighted by Gasteiger charge is -2.30. The predicted molar refractivity (Wildman–Crippen MR) is 68.7 cm³/mol. The third-order valence-corrected chi connectivity index (χ3v) is 3.74. The molecule has 3 atom stereocenters. The molecule has 1 fully saturated rings. The summed E-state index contributed by atoms with van der Waals surface area (Å²) in [5, 5.41) is 15.4. The molecular formula is C13H26N2O2. The molecular weight excluding hydrogens is 216 g/mol. The van der Waals surface area contributed by atoms with Crippen LogP contribution in [0.1, 0.15) is 40.0 Å². The van der Waals surface area contributed by atoms with E-state index in [1.165, 1.54) is 0 Å². The van der Waals surface area contributed by atoms with E-state index in [4.69, 9.17) is 0 Å². The molecule has 1 heterocycles. The van der Waals surface area contributed by atoms with Crippen LogP contribution in [-0.4, -0.2) is 36.2 Å². The van der Waals surface area contributed by atoms with Crippen molar-refractivity contribution >= 4 is 5.91 Å². The molecule has 0 aromatic heterocycles. The zero-order valence-electron chi connectivity index (χ0n) is 11.2. The first-order valence-electron chi connectivity index (χ1n) is 6.73. The normalized spacial score (nSPS) is 26.9. The van der Waals surface area contributed by atoms with Crippen LogP contribution >= 0.6 is 0 Å². The van der Waals surface area contributed by atoms with Crippen molar-refractivity contribution in [1.82, 2.24) is 10.6 Å². The van der Waals surface area contributed by atoms with Gasteiger partial charge < -0.3 is 15.7 Å². The molecule has 100 valence electrons. The molecule has 0 saturated carbocycles. The van der Waals surface area contributed by atoms with Crippen LogP contribution in [0.2, 0.25) is 0 Å². The molecule has 0 aromatic carbocycles. The third kappa shape index (κ3) is 4.28. The van der Waals surface area contributed by atoms with Gasteiger partial charge in [-0.1, -0.05) is 27.2 Å². The van der Waals surface area contributed by atoms with Crippen LogP contribution in [0.5, 0.6) is 0 Å². The fraction of sp³-hybridized carbons (Fsp3) is 0.923. The number of rotatable bonds is 5. The maximum absolute atomic E-state index is 12.0. The molecule has 3 N–H and O–H groups in total. The number of aliphatic hydroxyl groups is 1. The van der Waals surface area contributed by atoms with Gasteiger partial charge in [0.25, 0.3) is 0 Å². The van der Waals surface area contributed by atoms with E-state index in [0.29, 0.717) is 5.92 Å². The van der Waals surface area contributed by atoms with Crippen molar-refractivity contribution in [2.24, 2.45) is 11.8 Å². The Morgan fingerprint density at radius 3 is 2.76 bits per heavy atom. The first-order valence-corrected chi connectivity index (χ1v) is 6.73. The van der Waals surface area contributed by atoms with Crippen molar-refractivity contribution in [1.29, 1.82) is 0 Å². The van der Waals surface area contributed by atoms with Gasteiger partial charge in [-0.05, 0) is 31.2 Å². The van der Waals surface area contributed by atoms with Crippen LogP contribution in [0.25, 0.3) is 0 Å². The first kappa shape index (κ1) is 14.5. The average molecular weight is 242 g/mol. The highest BCUT2D eigenvalue weighted by molar-refractivity contribution is 5.82. The van der Waals surface area contributed by atoms with E-state index in [2.05, 4.69) is 17.6 Å². The molecule has 3 unspecified atom stereocenters. The van der Waals surface area contributed by atoms with Crippen molar-refractivity contribution in [2.75, 3.05) is 13.2 Å². The van der Waals surface area contributed by atoms with Crippen molar-refractivity contribution < 1.29 is 9.90 Å². The molecule has 1 aliphatic heterocycles. The van der Waals surface area contributed by atoms with E-state index < -0.39 is 0 Å². The largest absolute Gasteiger partial charge is 0.394 e. The van der Waals surface area contributed by atoms with Gasteiger partial charge in [-0.3, -0.25) is 4.79 Å². The number of nitrogens with one attached hydrogen (secondary N) is 2. The Bertz CT molecular complexity index is 244. The number of aliphatic hydroxyl groups excluding tert-OH is 1. The fourth-order valence-electron chi connectivity index (χ4n) is 2.27. The van der Waals surface area contributed by atoms with E-state index in [-0.39, 0.29) is 30.5 Å².